The van der Waals surface area contributed by atoms with Crippen LogP contribution in [0.5, 0.6) is 0 Å². The van der Waals surface area contributed by atoms with Gasteiger partial charge in [0, 0.05) is 0 Å². The summed E-state index contributed by atoms with van der Waals surface area (Å²) in [6, 6.07) is 7.84. The summed E-state index contributed by atoms with van der Waals surface area (Å²) >= 11 is 1.77. The van der Waals surface area contributed by atoms with Crippen LogP contribution >= 0.6 is 11.8 Å². The Morgan fingerprint density at radius 1 is 1.40 bits per heavy atom. The summed E-state index contributed by atoms with van der Waals surface area (Å²) in [4.78, 5) is 16.4. The average molecular weight is 283 g/mol. The standard InChI is InChI=1S/C10H8N2OSSe/c13-9-7-3-1-2-4-8(7)15-12(9)10-11-5-6-14-10/h1-4H,5-6H2. The van der Waals surface area contributed by atoms with Gasteiger partial charge in [-0.3, -0.25) is 0 Å². The first-order valence-corrected chi connectivity index (χ1v) is 7.26. The van der Waals surface area contributed by atoms with Crippen LogP contribution in [-0.4, -0.2) is 35.8 Å². The molecule has 3 rings (SSSR count). The zero-order chi connectivity index (χ0) is 10.3. The van der Waals surface area contributed by atoms with Crippen molar-refractivity contribution in [2.45, 2.75) is 0 Å². The van der Waals surface area contributed by atoms with Gasteiger partial charge in [0.25, 0.3) is 0 Å². The SMILES string of the molecule is O=c1c2ccccc2[se]n1C1=NCCS1. The summed E-state index contributed by atoms with van der Waals surface area (Å²) in [6.07, 6.45) is 0. The third kappa shape index (κ3) is 1.51. The molecule has 5 heteroatoms. The zero-order valence-electron chi connectivity index (χ0n) is 7.84. The second-order valence-electron chi connectivity index (χ2n) is 3.20. The van der Waals surface area contributed by atoms with Crippen molar-refractivity contribution >= 4 is 41.3 Å². The van der Waals surface area contributed by atoms with E-state index in [0.29, 0.717) is 0 Å². The van der Waals surface area contributed by atoms with Gasteiger partial charge in [-0.1, -0.05) is 0 Å². The van der Waals surface area contributed by atoms with E-state index in [9.17, 15) is 4.79 Å². The first-order chi connectivity index (χ1) is 7.36. The van der Waals surface area contributed by atoms with Crippen molar-refractivity contribution in [2.24, 2.45) is 4.99 Å². The molecule has 3 nitrogen and oxygen atoms in total. The van der Waals surface area contributed by atoms with Crippen LogP contribution in [0.15, 0.2) is 34.1 Å². The molecule has 0 unspecified atom stereocenters. The van der Waals surface area contributed by atoms with Gasteiger partial charge in [-0.2, -0.15) is 0 Å². The molecule has 1 aliphatic rings. The minimum absolute atomic E-state index is 0.0872. The van der Waals surface area contributed by atoms with Gasteiger partial charge in [-0.15, -0.1) is 0 Å². The van der Waals surface area contributed by atoms with E-state index in [1.54, 1.807) is 11.8 Å². The van der Waals surface area contributed by atoms with E-state index >= 15 is 0 Å². The van der Waals surface area contributed by atoms with E-state index in [1.807, 2.05) is 27.8 Å². The van der Waals surface area contributed by atoms with Crippen LogP contribution in [0.3, 0.4) is 0 Å². The Hall–Kier alpha value is -0.771. The number of fused-ring (bicyclic) bond motifs is 1. The molecule has 2 aromatic rings. The summed E-state index contributed by atoms with van der Waals surface area (Å²) in [6.45, 7) is 0.843. The summed E-state index contributed by atoms with van der Waals surface area (Å²) < 4.78 is 3.01. The van der Waals surface area contributed by atoms with Gasteiger partial charge in [0.1, 0.15) is 0 Å². The quantitative estimate of drug-likeness (QED) is 0.676. The fourth-order valence-corrected chi connectivity index (χ4v) is 4.72. The Bertz CT molecular complexity index is 599. The van der Waals surface area contributed by atoms with E-state index < -0.39 is 0 Å². The van der Waals surface area contributed by atoms with Crippen molar-refractivity contribution in [1.82, 2.24) is 3.56 Å². The Labute approximate surface area is 96.8 Å². The number of benzene rings is 1. The van der Waals surface area contributed by atoms with E-state index in [2.05, 4.69) is 4.99 Å². The molecule has 0 saturated heterocycles. The molecule has 76 valence electrons. The van der Waals surface area contributed by atoms with Gasteiger partial charge in [-0.05, 0) is 0 Å². The van der Waals surface area contributed by atoms with E-state index in [0.717, 1.165) is 22.9 Å². The Morgan fingerprint density at radius 2 is 2.27 bits per heavy atom. The summed E-state index contributed by atoms with van der Waals surface area (Å²) in [5.41, 5.74) is 0.124. The molecule has 0 bridgehead atoms. The van der Waals surface area contributed by atoms with Crippen molar-refractivity contribution in [3.05, 3.63) is 34.6 Å². The number of hydrogen-bond donors (Lipinski definition) is 0. The molecule has 0 atom stereocenters. The molecule has 0 radical (unpaired) electrons. The number of rotatable bonds is 0. The molecule has 0 saturated carbocycles. The molecule has 1 aliphatic heterocycles. The molecular formula is C10H8N2OSSe. The van der Waals surface area contributed by atoms with Gasteiger partial charge in [0.2, 0.25) is 0 Å². The maximum atomic E-state index is 12.0. The molecule has 0 amide bonds. The fourth-order valence-electron chi connectivity index (χ4n) is 1.54. The van der Waals surface area contributed by atoms with Crippen LogP contribution in [0.25, 0.3) is 9.65 Å². The van der Waals surface area contributed by atoms with Gasteiger partial charge < -0.3 is 0 Å². The number of thioether (sulfide) groups is 1. The van der Waals surface area contributed by atoms with E-state index in [-0.39, 0.29) is 20.3 Å². The predicted molar refractivity (Wildman–Crippen MR) is 65.3 cm³/mol. The Balaban J connectivity index is 2.28. The Kier molecular flexibility index (Phi) is 2.31. The van der Waals surface area contributed by atoms with Gasteiger partial charge in [0.05, 0.1) is 0 Å². The Morgan fingerprint density at radius 3 is 3.00 bits per heavy atom. The van der Waals surface area contributed by atoms with Gasteiger partial charge >= 0.3 is 96.8 Å². The number of hydrogen-bond acceptors (Lipinski definition) is 3. The molecule has 1 aromatic carbocycles. The molecule has 2 heterocycles. The van der Waals surface area contributed by atoms with E-state index in [1.165, 1.54) is 4.26 Å². The van der Waals surface area contributed by atoms with E-state index in [4.69, 9.17) is 0 Å². The zero-order valence-corrected chi connectivity index (χ0v) is 10.4. The normalized spacial score (nSPS) is 15.9. The maximum absolute atomic E-state index is 12.0. The third-order valence-electron chi connectivity index (χ3n) is 2.23. The van der Waals surface area contributed by atoms with Crippen molar-refractivity contribution in [2.75, 3.05) is 12.3 Å². The second kappa shape index (κ2) is 3.67. The van der Waals surface area contributed by atoms with Crippen LogP contribution in [0.4, 0.5) is 0 Å². The monoisotopic (exact) mass is 284 g/mol. The first kappa shape index (κ1) is 9.46. The molecule has 0 N–H and O–H groups in total. The number of aliphatic imine (C=N–C) groups is 1. The van der Waals surface area contributed by atoms with Crippen molar-refractivity contribution in [3.63, 3.8) is 0 Å². The van der Waals surface area contributed by atoms with Crippen molar-refractivity contribution < 1.29 is 0 Å². The molecule has 0 fully saturated rings. The van der Waals surface area contributed by atoms with Crippen LogP contribution in [0, 0.1) is 0 Å². The molecule has 15 heavy (non-hydrogen) atoms. The van der Waals surface area contributed by atoms with Gasteiger partial charge in [-0.25, -0.2) is 0 Å². The average Bonchev–Trinajstić information content (AvgIpc) is 2.87. The second-order valence-corrected chi connectivity index (χ2v) is 6.33. The van der Waals surface area contributed by atoms with Crippen molar-refractivity contribution in [3.8, 4) is 0 Å². The number of nitrogens with zero attached hydrogens (tertiary/aromatic N) is 2. The van der Waals surface area contributed by atoms with Crippen LogP contribution in [0.2, 0.25) is 0 Å². The van der Waals surface area contributed by atoms with Crippen LogP contribution < -0.4 is 5.56 Å². The summed E-state index contributed by atoms with van der Waals surface area (Å²) in [5, 5.41) is 1.77. The van der Waals surface area contributed by atoms with Gasteiger partial charge in [0.15, 0.2) is 0 Å². The molecule has 1 aromatic heterocycles. The van der Waals surface area contributed by atoms with Crippen molar-refractivity contribution in [1.29, 1.82) is 0 Å². The van der Waals surface area contributed by atoms with Crippen LogP contribution in [-0.2, 0) is 0 Å². The van der Waals surface area contributed by atoms with Crippen LogP contribution in [0.1, 0.15) is 0 Å². The third-order valence-corrected chi connectivity index (χ3v) is 5.71. The summed E-state index contributed by atoms with van der Waals surface area (Å²) in [7, 11) is 0. The first-order valence-electron chi connectivity index (χ1n) is 4.65. The minimum atomic E-state index is 0.0872. The molecule has 0 aliphatic carbocycles. The number of aromatic nitrogens is 1. The topological polar surface area (TPSA) is 34.4 Å². The summed E-state index contributed by atoms with van der Waals surface area (Å²) in [5.74, 6) is 1.01. The molecular weight excluding hydrogens is 275 g/mol. The predicted octanol–water partition coefficient (Wildman–Crippen LogP) is 1.01. The fraction of sp³-hybridized carbons (Fsp3) is 0.200. The molecule has 0 spiro atoms.